The van der Waals surface area contributed by atoms with E-state index in [1.54, 1.807) is 13.1 Å². The Kier molecular flexibility index (Phi) is 7.87. The molecule has 1 aromatic heterocycles. The highest BCUT2D eigenvalue weighted by Crippen LogP contribution is 2.30. The fourth-order valence-electron chi connectivity index (χ4n) is 4.35. The van der Waals surface area contributed by atoms with Gasteiger partial charge in [-0.3, -0.25) is 4.90 Å². The average molecular weight is 480 g/mol. The summed E-state index contributed by atoms with van der Waals surface area (Å²) in [6.45, 7) is 9.59. The Morgan fingerprint density at radius 1 is 1.11 bits per heavy atom. The quantitative estimate of drug-likeness (QED) is 0.562. The first-order valence-corrected chi connectivity index (χ1v) is 12.1. The second kappa shape index (κ2) is 11.2. The zero-order valence-electron chi connectivity index (χ0n) is 20.5. The number of nitrogens with one attached hydrogen (secondary N) is 2. The van der Waals surface area contributed by atoms with Gasteiger partial charge >= 0.3 is 12.0 Å². The maximum Gasteiger partial charge on any atom is 0.338 e. The van der Waals surface area contributed by atoms with Crippen LogP contribution in [0.25, 0.3) is 0 Å². The number of piperazine rings is 1. The number of rotatable bonds is 8. The van der Waals surface area contributed by atoms with Crippen LogP contribution < -0.4 is 20.3 Å². The van der Waals surface area contributed by atoms with Crippen molar-refractivity contribution in [3.05, 3.63) is 65.5 Å². The minimum absolute atomic E-state index is 0.0548. The molecule has 0 aliphatic carbocycles. The summed E-state index contributed by atoms with van der Waals surface area (Å²) in [6, 6.07) is 12.4. The van der Waals surface area contributed by atoms with Crippen molar-refractivity contribution in [3.63, 3.8) is 0 Å². The van der Waals surface area contributed by atoms with Gasteiger partial charge in [0.2, 0.25) is 0 Å². The Morgan fingerprint density at radius 3 is 2.49 bits per heavy atom. The number of hydrogen-bond donors (Lipinski definition) is 2. The van der Waals surface area contributed by atoms with Crippen LogP contribution in [0.3, 0.4) is 0 Å². The van der Waals surface area contributed by atoms with E-state index in [0.29, 0.717) is 17.8 Å². The normalized spacial score (nSPS) is 18.8. The lowest BCUT2D eigenvalue weighted by Crippen LogP contribution is -2.52. The number of carbonyl (C=O) groups excluding carboxylic acids is 2. The number of anilines is 1. The maximum atomic E-state index is 13.1. The van der Waals surface area contributed by atoms with Crippen molar-refractivity contribution >= 4 is 17.8 Å². The fraction of sp³-hybridized carbons (Fsp3) is 0.423. The number of urea groups is 1. The maximum absolute atomic E-state index is 13.1. The number of pyridine rings is 1. The standard InChI is InChI=1S/C26H33N5O4/c1-4-34-25(32)23-21(17-30-13-15-31(16-14-30)22-7-5-6-12-27-22)28-26(33)29-24(23)19-8-10-20(11-9-19)35-18(2)3/h5-12,18,24H,4,13-17H2,1-3H3,(H2,28,29,33). The van der Waals surface area contributed by atoms with Crippen LogP contribution in [-0.2, 0) is 9.53 Å². The Bertz CT molecular complexity index is 1050. The van der Waals surface area contributed by atoms with E-state index >= 15 is 0 Å². The molecule has 1 saturated heterocycles. The van der Waals surface area contributed by atoms with Gasteiger partial charge in [-0.1, -0.05) is 18.2 Å². The molecule has 2 aliphatic rings. The van der Waals surface area contributed by atoms with Gasteiger partial charge in [0.15, 0.2) is 0 Å². The van der Waals surface area contributed by atoms with E-state index in [1.165, 1.54) is 0 Å². The predicted octanol–water partition coefficient (Wildman–Crippen LogP) is 2.86. The van der Waals surface area contributed by atoms with Crippen molar-refractivity contribution in [2.75, 3.05) is 44.2 Å². The largest absolute Gasteiger partial charge is 0.491 e. The molecule has 1 unspecified atom stereocenters. The van der Waals surface area contributed by atoms with E-state index in [0.717, 1.165) is 43.3 Å². The molecular weight excluding hydrogens is 446 g/mol. The van der Waals surface area contributed by atoms with Crippen LogP contribution >= 0.6 is 0 Å². The third-order valence-electron chi connectivity index (χ3n) is 5.96. The molecule has 9 heteroatoms. The molecule has 186 valence electrons. The average Bonchev–Trinajstić information content (AvgIpc) is 2.85. The first kappa shape index (κ1) is 24.5. The Labute approximate surface area is 206 Å². The topological polar surface area (TPSA) is 96.0 Å². The second-order valence-corrected chi connectivity index (χ2v) is 8.83. The zero-order chi connectivity index (χ0) is 24.8. The molecule has 0 radical (unpaired) electrons. The number of ether oxygens (including phenoxy) is 2. The van der Waals surface area contributed by atoms with Crippen LogP contribution in [-0.4, -0.2) is 67.3 Å². The molecule has 2 N–H and O–H groups in total. The van der Waals surface area contributed by atoms with Gasteiger partial charge in [0.1, 0.15) is 11.6 Å². The smallest absolute Gasteiger partial charge is 0.338 e. The highest BCUT2D eigenvalue weighted by Gasteiger charge is 2.34. The van der Waals surface area contributed by atoms with Crippen molar-refractivity contribution < 1.29 is 19.1 Å². The monoisotopic (exact) mass is 479 g/mol. The molecule has 1 fully saturated rings. The van der Waals surface area contributed by atoms with E-state index in [1.807, 2.05) is 56.3 Å². The van der Waals surface area contributed by atoms with Crippen LogP contribution in [0.4, 0.5) is 10.6 Å². The van der Waals surface area contributed by atoms with Crippen molar-refractivity contribution in [2.45, 2.75) is 32.9 Å². The summed E-state index contributed by atoms with van der Waals surface area (Å²) in [4.78, 5) is 34.6. The number of aromatic nitrogens is 1. The number of nitrogens with zero attached hydrogens (tertiary/aromatic N) is 3. The lowest BCUT2D eigenvalue weighted by Gasteiger charge is -2.37. The third-order valence-corrected chi connectivity index (χ3v) is 5.96. The van der Waals surface area contributed by atoms with Crippen LogP contribution in [0.2, 0.25) is 0 Å². The molecule has 2 aromatic rings. The number of amides is 2. The number of esters is 1. The molecule has 1 atom stereocenters. The van der Waals surface area contributed by atoms with Crippen LogP contribution in [0, 0.1) is 0 Å². The number of benzene rings is 1. The number of hydrogen-bond acceptors (Lipinski definition) is 7. The van der Waals surface area contributed by atoms with E-state index in [2.05, 4.69) is 25.4 Å². The summed E-state index contributed by atoms with van der Waals surface area (Å²) < 4.78 is 11.1. The molecule has 2 aliphatic heterocycles. The molecule has 0 saturated carbocycles. The fourth-order valence-corrected chi connectivity index (χ4v) is 4.35. The first-order valence-electron chi connectivity index (χ1n) is 12.1. The van der Waals surface area contributed by atoms with Gasteiger partial charge in [0.05, 0.1) is 24.3 Å². The first-order chi connectivity index (χ1) is 16.9. The van der Waals surface area contributed by atoms with Crippen LogP contribution in [0.15, 0.2) is 59.9 Å². The van der Waals surface area contributed by atoms with Gasteiger partial charge in [-0.2, -0.15) is 0 Å². The summed E-state index contributed by atoms with van der Waals surface area (Å²) >= 11 is 0. The SMILES string of the molecule is CCOC(=O)C1=C(CN2CCN(c3ccccn3)CC2)NC(=O)NC1c1ccc(OC(C)C)cc1. The molecule has 35 heavy (non-hydrogen) atoms. The van der Waals surface area contributed by atoms with Crippen molar-refractivity contribution in [3.8, 4) is 5.75 Å². The summed E-state index contributed by atoms with van der Waals surface area (Å²) in [5.74, 6) is 1.25. The Hall–Kier alpha value is -3.59. The summed E-state index contributed by atoms with van der Waals surface area (Å²) in [6.07, 6.45) is 1.85. The van der Waals surface area contributed by atoms with Crippen molar-refractivity contribution in [1.29, 1.82) is 0 Å². The van der Waals surface area contributed by atoms with Crippen molar-refractivity contribution in [1.82, 2.24) is 20.5 Å². The van der Waals surface area contributed by atoms with Crippen LogP contribution in [0.1, 0.15) is 32.4 Å². The second-order valence-electron chi connectivity index (χ2n) is 8.83. The molecule has 0 spiro atoms. The summed E-state index contributed by atoms with van der Waals surface area (Å²) in [5, 5.41) is 5.76. The number of carbonyl (C=O) groups is 2. The van der Waals surface area contributed by atoms with Crippen molar-refractivity contribution in [2.24, 2.45) is 0 Å². The van der Waals surface area contributed by atoms with Gasteiger partial charge in [0, 0.05) is 44.6 Å². The van der Waals surface area contributed by atoms with Gasteiger partial charge in [0.25, 0.3) is 0 Å². The minimum Gasteiger partial charge on any atom is -0.491 e. The summed E-state index contributed by atoms with van der Waals surface area (Å²) in [5.41, 5.74) is 1.79. The Balaban J connectivity index is 1.55. The molecule has 2 amide bonds. The lowest BCUT2D eigenvalue weighted by atomic mass is 9.94. The summed E-state index contributed by atoms with van der Waals surface area (Å²) in [7, 11) is 0. The highest BCUT2D eigenvalue weighted by molar-refractivity contribution is 5.95. The van der Waals surface area contributed by atoms with E-state index in [4.69, 9.17) is 9.47 Å². The molecule has 3 heterocycles. The van der Waals surface area contributed by atoms with Crippen LogP contribution in [0.5, 0.6) is 5.75 Å². The van der Waals surface area contributed by atoms with E-state index < -0.39 is 12.0 Å². The van der Waals surface area contributed by atoms with E-state index in [9.17, 15) is 9.59 Å². The third kappa shape index (κ3) is 6.10. The van der Waals surface area contributed by atoms with Gasteiger partial charge in [-0.25, -0.2) is 14.6 Å². The zero-order valence-corrected chi connectivity index (χ0v) is 20.5. The predicted molar refractivity (Wildman–Crippen MR) is 133 cm³/mol. The molecule has 4 rings (SSSR count). The van der Waals surface area contributed by atoms with Gasteiger partial charge < -0.3 is 25.0 Å². The molecule has 1 aromatic carbocycles. The lowest BCUT2D eigenvalue weighted by molar-refractivity contribution is -0.139. The van der Waals surface area contributed by atoms with E-state index in [-0.39, 0.29) is 18.7 Å². The highest BCUT2D eigenvalue weighted by atomic mass is 16.5. The molecule has 0 bridgehead atoms. The minimum atomic E-state index is -0.610. The molecular formula is C26H33N5O4. The molecule has 9 nitrogen and oxygen atoms in total. The van der Waals surface area contributed by atoms with Gasteiger partial charge in [-0.15, -0.1) is 0 Å². The Morgan fingerprint density at radius 2 is 1.86 bits per heavy atom. The van der Waals surface area contributed by atoms with Gasteiger partial charge in [-0.05, 0) is 50.6 Å².